The molecule has 0 bridgehead atoms. The molecule has 2 rings (SSSR count). The van der Waals surface area contributed by atoms with Gasteiger partial charge in [-0.05, 0) is 12.3 Å². The van der Waals surface area contributed by atoms with Gasteiger partial charge in [0.2, 0.25) is 0 Å². The minimum absolute atomic E-state index is 0.0605. The third kappa shape index (κ3) is 2.02. The van der Waals surface area contributed by atoms with Crippen molar-refractivity contribution in [1.82, 2.24) is 15.1 Å². The first-order valence-electron chi connectivity index (χ1n) is 5.14. The first-order valence-corrected chi connectivity index (χ1v) is 5.14. The maximum absolute atomic E-state index is 11.9. The molecule has 2 heterocycles. The number of aliphatic hydroxyl groups is 1. The lowest BCUT2D eigenvalue weighted by Gasteiger charge is -2.34. The van der Waals surface area contributed by atoms with Crippen LogP contribution in [0.4, 0.5) is 0 Å². The molecule has 1 aliphatic heterocycles. The molecule has 1 aromatic rings. The smallest absolute Gasteiger partial charge is 0.257 e. The summed E-state index contributed by atoms with van der Waals surface area (Å²) < 4.78 is 0. The molecule has 1 aromatic heterocycles. The quantitative estimate of drug-likeness (QED) is 0.696. The van der Waals surface area contributed by atoms with E-state index < -0.39 is 6.10 Å². The van der Waals surface area contributed by atoms with Crippen LogP contribution >= 0.6 is 0 Å². The first kappa shape index (κ1) is 10.2. The van der Waals surface area contributed by atoms with E-state index in [-0.39, 0.29) is 11.8 Å². The minimum atomic E-state index is -0.408. The molecule has 2 atom stereocenters. The summed E-state index contributed by atoms with van der Waals surface area (Å²) in [6.45, 7) is 3.14. The van der Waals surface area contributed by atoms with Gasteiger partial charge in [-0.25, -0.2) is 0 Å². The minimum Gasteiger partial charge on any atom is -0.391 e. The molecule has 2 N–H and O–H groups in total. The Labute approximate surface area is 88.1 Å². The van der Waals surface area contributed by atoms with Gasteiger partial charge in [-0.15, -0.1) is 0 Å². The number of amides is 1. The molecule has 0 saturated carbocycles. The van der Waals surface area contributed by atoms with E-state index in [0.717, 1.165) is 6.42 Å². The van der Waals surface area contributed by atoms with Crippen LogP contribution in [0.25, 0.3) is 0 Å². The molecule has 1 aliphatic rings. The number of nitrogens with one attached hydrogen (secondary N) is 1. The summed E-state index contributed by atoms with van der Waals surface area (Å²) >= 11 is 0. The second-order valence-corrected chi connectivity index (χ2v) is 4.07. The number of H-pyrrole nitrogens is 1. The van der Waals surface area contributed by atoms with E-state index in [4.69, 9.17) is 0 Å². The molecule has 0 radical (unpaired) electrons. The molecule has 15 heavy (non-hydrogen) atoms. The maximum Gasteiger partial charge on any atom is 0.257 e. The van der Waals surface area contributed by atoms with Crippen LogP contribution in [0.3, 0.4) is 0 Å². The second-order valence-electron chi connectivity index (χ2n) is 4.07. The third-order valence-corrected chi connectivity index (χ3v) is 2.95. The monoisotopic (exact) mass is 209 g/mol. The van der Waals surface area contributed by atoms with Crippen molar-refractivity contribution in [1.29, 1.82) is 0 Å². The number of carbonyl (C=O) groups is 1. The SMILES string of the molecule is CC1CCN(C(=O)c2cn[nH]c2)CC1O. The number of rotatable bonds is 1. The molecule has 82 valence electrons. The average molecular weight is 209 g/mol. The van der Waals surface area contributed by atoms with E-state index in [2.05, 4.69) is 10.2 Å². The number of aromatic amines is 1. The summed E-state index contributed by atoms with van der Waals surface area (Å²) in [6, 6.07) is 0. The molecule has 2 unspecified atom stereocenters. The second kappa shape index (κ2) is 4.02. The van der Waals surface area contributed by atoms with Crippen molar-refractivity contribution < 1.29 is 9.90 Å². The van der Waals surface area contributed by atoms with Crippen molar-refractivity contribution in [3.05, 3.63) is 18.0 Å². The topological polar surface area (TPSA) is 69.2 Å². The number of carbonyl (C=O) groups excluding carboxylic acids is 1. The third-order valence-electron chi connectivity index (χ3n) is 2.95. The van der Waals surface area contributed by atoms with Gasteiger partial charge in [0.15, 0.2) is 0 Å². The fourth-order valence-electron chi connectivity index (χ4n) is 1.78. The Bertz CT molecular complexity index is 336. The Balaban J connectivity index is 2.03. The molecule has 0 aromatic carbocycles. The highest BCUT2D eigenvalue weighted by Crippen LogP contribution is 2.18. The highest BCUT2D eigenvalue weighted by molar-refractivity contribution is 5.93. The highest BCUT2D eigenvalue weighted by atomic mass is 16.3. The van der Waals surface area contributed by atoms with E-state index in [9.17, 15) is 9.90 Å². The van der Waals surface area contributed by atoms with Gasteiger partial charge in [0.1, 0.15) is 0 Å². The fourth-order valence-corrected chi connectivity index (χ4v) is 1.78. The van der Waals surface area contributed by atoms with E-state index in [0.29, 0.717) is 18.7 Å². The van der Waals surface area contributed by atoms with Crippen molar-refractivity contribution in [2.45, 2.75) is 19.4 Å². The number of aliphatic hydroxyl groups excluding tert-OH is 1. The molecule has 0 spiro atoms. The van der Waals surface area contributed by atoms with Crippen LogP contribution in [-0.4, -0.2) is 45.3 Å². The van der Waals surface area contributed by atoms with Gasteiger partial charge in [0.05, 0.1) is 17.9 Å². The van der Waals surface area contributed by atoms with E-state index >= 15 is 0 Å². The lowest BCUT2D eigenvalue weighted by Crippen LogP contribution is -2.45. The Kier molecular flexibility index (Phi) is 2.73. The Morgan fingerprint density at radius 3 is 3.13 bits per heavy atom. The normalized spacial score (nSPS) is 26.7. The van der Waals surface area contributed by atoms with Crippen molar-refractivity contribution in [3.8, 4) is 0 Å². The molecule has 1 amide bonds. The number of β-amino-alcohol motifs (C(OH)–C–C–N with tert-alkyl or cyclic N) is 1. The summed E-state index contributed by atoms with van der Waals surface area (Å²) in [5.41, 5.74) is 0.553. The Morgan fingerprint density at radius 1 is 1.73 bits per heavy atom. The van der Waals surface area contributed by atoms with Crippen LogP contribution in [0, 0.1) is 5.92 Å². The van der Waals surface area contributed by atoms with Gasteiger partial charge in [-0.2, -0.15) is 5.10 Å². The summed E-state index contributed by atoms with van der Waals surface area (Å²) in [5, 5.41) is 16.0. The Hall–Kier alpha value is -1.36. The number of nitrogens with zero attached hydrogens (tertiary/aromatic N) is 2. The van der Waals surface area contributed by atoms with Gasteiger partial charge < -0.3 is 10.0 Å². The molecule has 5 heteroatoms. The largest absolute Gasteiger partial charge is 0.391 e. The van der Waals surface area contributed by atoms with Crippen molar-refractivity contribution in [2.24, 2.45) is 5.92 Å². The van der Waals surface area contributed by atoms with E-state index in [1.54, 1.807) is 11.1 Å². The highest BCUT2D eigenvalue weighted by Gasteiger charge is 2.27. The summed E-state index contributed by atoms with van der Waals surface area (Å²) in [7, 11) is 0. The number of hydrogen-bond donors (Lipinski definition) is 2. The van der Waals surface area contributed by atoms with Crippen LogP contribution in [0.15, 0.2) is 12.4 Å². The van der Waals surface area contributed by atoms with Gasteiger partial charge in [-0.1, -0.05) is 6.92 Å². The zero-order valence-corrected chi connectivity index (χ0v) is 8.68. The summed E-state index contributed by atoms with van der Waals surface area (Å²) in [5.74, 6) is 0.216. The van der Waals surface area contributed by atoms with Crippen LogP contribution < -0.4 is 0 Å². The van der Waals surface area contributed by atoms with E-state index in [1.165, 1.54) is 6.20 Å². The average Bonchev–Trinajstić information content (AvgIpc) is 2.74. The van der Waals surface area contributed by atoms with Crippen molar-refractivity contribution in [3.63, 3.8) is 0 Å². The number of hydrogen-bond acceptors (Lipinski definition) is 3. The van der Waals surface area contributed by atoms with E-state index in [1.807, 2.05) is 6.92 Å². The lowest BCUT2D eigenvalue weighted by molar-refractivity contribution is 0.0248. The first-order chi connectivity index (χ1) is 7.18. The zero-order valence-electron chi connectivity index (χ0n) is 8.68. The molecule has 5 nitrogen and oxygen atoms in total. The molecule has 1 saturated heterocycles. The van der Waals surface area contributed by atoms with Gasteiger partial charge in [-0.3, -0.25) is 9.89 Å². The molecule has 0 aliphatic carbocycles. The lowest BCUT2D eigenvalue weighted by atomic mass is 9.96. The van der Waals surface area contributed by atoms with Gasteiger partial charge >= 0.3 is 0 Å². The van der Waals surface area contributed by atoms with Crippen LogP contribution in [0.1, 0.15) is 23.7 Å². The zero-order chi connectivity index (χ0) is 10.8. The van der Waals surface area contributed by atoms with Crippen LogP contribution in [0.5, 0.6) is 0 Å². The number of likely N-dealkylation sites (tertiary alicyclic amines) is 1. The predicted molar refractivity (Wildman–Crippen MR) is 54.3 cm³/mol. The number of aromatic nitrogens is 2. The van der Waals surface area contributed by atoms with Crippen LogP contribution in [-0.2, 0) is 0 Å². The molecular weight excluding hydrogens is 194 g/mol. The standard InChI is InChI=1S/C10H15N3O2/c1-7-2-3-13(6-9(7)14)10(15)8-4-11-12-5-8/h4-5,7,9,14H,2-3,6H2,1H3,(H,11,12). The molecule has 1 fully saturated rings. The van der Waals surface area contributed by atoms with Gasteiger partial charge in [0, 0.05) is 19.3 Å². The number of piperidine rings is 1. The summed E-state index contributed by atoms with van der Waals surface area (Å²) in [6.07, 6.45) is 3.53. The Morgan fingerprint density at radius 2 is 2.53 bits per heavy atom. The summed E-state index contributed by atoms with van der Waals surface area (Å²) in [4.78, 5) is 13.5. The van der Waals surface area contributed by atoms with Crippen molar-refractivity contribution in [2.75, 3.05) is 13.1 Å². The fraction of sp³-hybridized carbons (Fsp3) is 0.600. The predicted octanol–water partition coefficient (Wildman–Crippen LogP) is 0.253. The van der Waals surface area contributed by atoms with Crippen molar-refractivity contribution >= 4 is 5.91 Å². The van der Waals surface area contributed by atoms with Gasteiger partial charge in [0.25, 0.3) is 5.91 Å². The molecular formula is C10H15N3O2. The van der Waals surface area contributed by atoms with Crippen LogP contribution in [0.2, 0.25) is 0 Å². The maximum atomic E-state index is 11.9.